The Morgan fingerprint density at radius 1 is 2.00 bits per heavy atom. The van der Waals surface area contributed by atoms with E-state index in [-0.39, 0.29) is 0 Å². The first-order chi connectivity index (χ1) is 3.13. The van der Waals surface area contributed by atoms with Gasteiger partial charge in [-0.25, -0.2) is 4.62 Å². The van der Waals surface area contributed by atoms with Gasteiger partial charge in [0.05, 0.1) is 0 Å². The van der Waals surface area contributed by atoms with Gasteiger partial charge in [-0.2, -0.15) is 0 Å². The van der Waals surface area contributed by atoms with Crippen molar-refractivity contribution in [1.82, 2.24) is 0 Å². The third-order valence-electron chi connectivity index (χ3n) is 0.150. The highest BCUT2D eigenvalue weighted by molar-refractivity contribution is 7.43. The molecule has 0 aliphatic rings. The lowest BCUT2D eigenvalue weighted by atomic mass is 13.1. The van der Waals surface area contributed by atoms with E-state index < -0.39 is 13.6 Å². The minimum Gasteiger partial charge on any atom is -0.339 e. The van der Waals surface area contributed by atoms with Gasteiger partial charge in [0.15, 0.2) is 0 Å². The summed E-state index contributed by atoms with van der Waals surface area (Å²) in [5.74, 6) is 0. The quantitative estimate of drug-likeness (QED) is 0.291. The smallest absolute Gasteiger partial charge is 0.301 e. The Bertz CT molecular complexity index is 70.1. The molecule has 0 rings (SSSR count). The minimum absolute atomic E-state index is 1.15. The second kappa shape index (κ2) is 2.68. The molecule has 0 aromatic carbocycles. The van der Waals surface area contributed by atoms with Crippen molar-refractivity contribution >= 4 is 8.53 Å². The fourth-order valence-electron chi connectivity index (χ4n) is 0.0683. The van der Waals surface area contributed by atoms with Crippen molar-refractivity contribution in [2.75, 3.05) is 0 Å². The molecule has 0 aliphatic heterocycles. The summed E-state index contributed by atoms with van der Waals surface area (Å²) in [6.45, 7) is 0. The molecule has 42 valence electrons. The van der Waals surface area contributed by atoms with E-state index >= 15 is 0 Å². The van der Waals surface area contributed by atoms with Crippen LogP contribution in [0.2, 0.25) is 0 Å². The van der Waals surface area contributed by atoms with Crippen molar-refractivity contribution in [3.63, 3.8) is 0 Å². The summed E-state index contributed by atoms with van der Waals surface area (Å²) in [7, 11) is -2.34. The molecule has 1 unspecified atom stereocenters. The summed E-state index contributed by atoms with van der Waals surface area (Å²) < 4.78 is 3.37. The molecule has 0 amide bonds. The van der Waals surface area contributed by atoms with Crippen molar-refractivity contribution in [3.05, 3.63) is 10.1 Å². The maximum Gasteiger partial charge on any atom is 0.301 e. The van der Waals surface area contributed by atoms with Gasteiger partial charge < -0.3 is 4.89 Å². The normalized spacial score (nSPS) is 12.9. The molecule has 0 aliphatic carbocycles. The highest BCUT2D eigenvalue weighted by Crippen LogP contribution is 2.17. The SMILES string of the molecule is NP(O)O[N+](=O)[O-]. The lowest BCUT2D eigenvalue weighted by molar-refractivity contribution is -0.713. The summed E-state index contributed by atoms with van der Waals surface area (Å²) in [5, 5.41) is 8.02. The van der Waals surface area contributed by atoms with E-state index in [4.69, 9.17) is 15.0 Å². The molecule has 0 aromatic rings. The zero-order valence-electron chi connectivity index (χ0n) is 3.14. The first kappa shape index (κ1) is 6.55. The van der Waals surface area contributed by atoms with Gasteiger partial charge in [-0.3, -0.25) is 5.50 Å². The molecule has 3 N–H and O–H groups in total. The first-order valence-corrected chi connectivity index (χ1v) is 2.47. The summed E-state index contributed by atoms with van der Waals surface area (Å²) in [4.78, 5) is 17.1. The van der Waals surface area contributed by atoms with Crippen LogP contribution in [0.1, 0.15) is 0 Å². The third-order valence-corrected chi connectivity index (χ3v) is 0.451. The lowest BCUT2D eigenvalue weighted by Crippen LogP contribution is -1.99. The summed E-state index contributed by atoms with van der Waals surface area (Å²) in [5.41, 5.74) is 4.45. The number of hydrogen-bond acceptors (Lipinski definition) is 5. The summed E-state index contributed by atoms with van der Waals surface area (Å²) in [6.07, 6.45) is 0. The Labute approximate surface area is 40.0 Å². The topological polar surface area (TPSA) is 98.6 Å². The van der Waals surface area contributed by atoms with Crippen molar-refractivity contribution < 1.29 is 14.6 Å². The van der Waals surface area contributed by atoms with Crippen molar-refractivity contribution in [3.8, 4) is 0 Å². The van der Waals surface area contributed by atoms with E-state index in [9.17, 15) is 0 Å². The summed E-state index contributed by atoms with van der Waals surface area (Å²) in [6, 6.07) is 0. The van der Waals surface area contributed by atoms with Crippen LogP contribution in [0.25, 0.3) is 0 Å². The second-order valence-corrected chi connectivity index (χ2v) is 1.38. The number of hydrogen-bond donors (Lipinski definition) is 2. The molecule has 0 heterocycles. The lowest BCUT2D eigenvalue weighted by Gasteiger charge is -1.94. The molecule has 7 heteroatoms. The van der Waals surface area contributed by atoms with Crippen LogP contribution < -0.4 is 5.50 Å². The Morgan fingerprint density at radius 3 is 2.43 bits per heavy atom. The predicted molar refractivity (Wildman–Crippen MR) is 21.4 cm³/mol. The van der Waals surface area contributed by atoms with Crippen LogP contribution in [0.3, 0.4) is 0 Å². The van der Waals surface area contributed by atoms with Gasteiger partial charge in [0.1, 0.15) is 0 Å². The molecule has 0 saturated carbocycles. The molecule has 0 radical (unpaired) electrons. The fraction of sp³-hybridized carbons (Fsp3) is 0. The monoisotopic (exact) mass is 126 g/mol. The maximum absolute atomic E-state index is 9.17. The average molecular weight is 126 g/mol. The van der Waals surface area contributed by atoms with E-state index in [1.54, 1.807) is 0 Å². The van der Waals surface area contributed by atoms with Crippen LogP contribution in [0.4, 0.5) is 0 Å². The number of nitrogens with zero attached hydrogens (tertiary/aromatic N) is 1. The van der Waals surface area contributed by atoms with Gasteiger partial charge in [-0.1, -0.05) is 0 Å². The van der Waals surface area contributed by atoms with Crippen LogP contribution in [0, 0.1) is 10.1 Å². The first-order valence-electron chi connectivity index (χ1n) is 1.19. The highest BCUT2D eigenvalue weighted by atomic mass is 31.2. The van der Waals surface area contributed by atoms with Crippen molar-refractivity contribution in [1.29, 1.82) is 0 Å². The molecular weight excluding hydrogens is 123 g/mol. The molecule has 1 atom stereocenters. The maximum atomic E-state index is 9.17. The molecule has 0 fully saturated rings. The largest absolute Gasteiger partial charge is 0.339 e. The zero-order valence-corrected chi connectivity index (χ0v) is 4.04. The fourth-order valence-corrected chi connectivity index (χ4v) is 0.205. The average Bonchev–Trinajstić information content (AvgIpc) is 1.27. The van der Waals surface area contributed by atoms with E-state index in [2.05, 4.69) is 10.1 Å². The molecule has 6 nitrogen and oxygen atoms in total. The Hall–Kier alpha value is -0.450. The van der Waals surface area contributed by atoms with Gasteiger partial charge in [-0.05, 0) is 0 Å². The van der Waals surface area contributed by atoms with Crippen LogP contribution in [0.5, 0.6) is 0 Å². The standard InChI is InChI=1S/H3N2O4P/c1-7(5)6-2(3)4/h5H,1H2. The Morgan fingerprint density at radius 2 is 2.43 bits per heavy atom. The molecule has 0 saturated heterocycles. The van der Waals surface area contributed by atoms with E-state index in [0.717, 1.165) is 0 Å². The number of rotatable bonds is 2. The van der Waals surface area contributed by atoms with Crippen LogP contribution in [0.15, 0.2) is 0 Å². The second-order valence-electron chi connectivity index (χ2n) is 0.608. The highest BCUT2D eigenvalue weighted by Gasteiger charge is 1.99. The summed E-state index contributed by atoms with van der Waals surface area (Å²) >= 11 is 0. The van der Waals surface area contributed by atoms with Gasteiger partial charge in [0.25, 0.3) is 8.53 Å². The molecular formula is H3N2O4P. The Kier molecular flexibility index (Phi) is 2.51. The van der Waals surface area contributed by atoms with E-state index in [1.807, 2.05) is 0 Å². The van der Waals surface area contributed by atoms with Gasteiger partial charge in [-0.15, -0.1) is 10.1 Å². The minimum atomic E-state index is -2.34. The van der Waals surface area contributed by atoms with Crippen LogP contribution >= 0.6 is 8.53 Å². The van der Waals surface area contributed by atoms with Gasteiger partial charge >= 0.3 is 5.09 Å². The van der Waals surface area contributed by atoms with Crippen molar-refractivity contribution in [2.45, 2.75) is 0 Å². The van der Waals surface area contributed by atoms with Gasteiger partial charge in [0.2, 0.25) is 0 Å². The molecule has 0 bridgehead atoms. The van der Waals surface area contributed by atoms with Crippen LogP contribution in [-0.2, 0) is 4.62 Å². The Balaban J connectivity index is 3.13. The van der Waals surface area contributed by atoms with Crippen molar-refractivity contribution in [2.24, 2.45) is 5.50 Å². The van der Waals surface area contributed by atoms with Crippen LogP contribution in [-0.4, -0.2) is 9.98 Å². The van der Waals surface area contributed by atoms with E-state index in [0.29, 0.717) is 0 Å². The zero-order chi connectivity index (χ0) is 5.86. The van der Waals surface area contributed by atoms with Gasteiger partial charge in [0, 0.05) is 0 Å². The third kappa shape index (κ3) is 5.55. The number of nitrogens with two attached hydrogens (primary N) is 1. The predicted octanol–water partition coefficient (Wildman–Crippen LogP) is -0.627. The molecule has 7 heavy (non-hydrogen) atoms. The molecule has 0 spiro atoms. The molecule has 0 aromatic heterocycles. The van der Waals surface area contributed by atoms with E-state index in [1.165, 1.54) is 0 Å².